The molecule has 17 heavy (non-hydrogen) atoms. The van der Waals surface area contributed by atoms with E-state index < -0.39 is 0 Å². The minimum absolute atomic E-state index is 0.415. The fraction of sp³-hybridized carbons (Fsp3) is 0. The molecule has 0 atom stereocenters. The molecule has 0 spiro atoms. The van der Waals surface area contributed by atoms with E-state index in [-0.39, 0.29) is 0 Å². The van der Waals surface area contributed by atoms with Crippen LogP contribution in [-0.4, -0.2) is 19.9 Å². The highest BCUT2D eigenvalue weighted by Gasteiger charge is 2.04. The van der Waals surface area contributed by atoms with Crippen LogP contribution in [0.25, 0.3) is 23.3 Å². The number of fused-ring (bicyclic) bond motifs is 1. The molecule has 0 aromatic carbocycles. The van der Waals surface area contributed by atoms with Crippen molar-refractivity contribution in [3.05, 3.63) is 34.5 Å². The lowest BCUT2D eigenvalue weighted by molar-refractivity contribution is 1.20. The van der Waals surface area contributed by atoms with E-state index in [4.69, 9.17) is 5.73 Å². The van der Waals surface area contributed by atoms with Crippen LogP contribution in [0.5, 0.6) is 0 Å². The van der Waals surface area contributed by atoms with Crippen LogP contribution in [0.4, 0.5) is 5.82 Å². The maximum atomic E-state index is 5.72. The van der Waals surface area contributed by atoms with Crippen molar-refractivity contribution < 1.29 is 0 Å². The Morgan fingerprint density at radius 2 is 2.24 bits per heavy atom. The van der Waals surface area contributed by atoms with Crippen LogP contribution in [0.3, 0.4) is 0 Å². The highest BCUT2D eigenvalue weighted by molar-refractivity contribution is 7.08. The summed E-state index contributed by atoms with van der Waals surface area (Å²) in [6.07, 6.45) is 5.28. The number of thiophene rings is 1. The van der Waals surface area contributed by atoms with Crippen molar-refractivity contribution in [2.24, 2.45) is 0 Å². The zero-order chi connectivity index (χ0) is 11.7. The van der Waals surface area contributed by atoms with Gasteiger partial charge in [-0.3, -0.25) is 0 Å². The fourth-order valence-corrected chi connectivity index (χ4v) is 2.12. The molecule has 84 valence electrons. The smallest absolute Gasteiger partial charge is 0.183 e. The monoisotopic (exact) mass is 243 g/mol. The van der Waals surface area contributed by atoms with Crippen molar-refractivity contribution in [3.8, 4) is 0 Å². The third kappa shape index (κ3) is 1.90. The van der Waals surface area contributed by atoms with E-state index in [0.29, 0.717) is 17.0 Å². The molecule has 0 saturated carbocycles. The minimum Gasteiger partial charge on any atom is -0.382 e. The van der Waals surface area contributed by atoms with Gasteiger partial charge in [-0.1, -0.05) is 6.08 Å². The molecule has 3 aromatic heterocycles. The molecule has 6 heteroatoms. The first kappa shape index (κ1) is 9.98. The summed E-state index contributed by atoms with van der Waals surface area (Å²) in [7, 11) is 0. The minimum atomic E-state index is 0.415. The summed E-state index contributed by atoms with van der Waals surface area (Å²) in [5.41, 5.74) is 8.13. The quantitative estimate of drug-likeness (QED) is 0.722. The predicted octanol–water partition coefficient (Wildman–Crippen LogP) is 2.17. The van der Waals surface area contributed by atoms with E-state index in [1.807, 2.05) is 23.6 Å². The molecule has 0 aliphatic heterocycles. The number of nitrogens with one attached hydrogen (secondary N) is 1. The second kappa shape index (κ2) is 3.99. The summed E-state index contributed by atoms with van der Waals surface area (Å²) >= 11 is 1.66. The van der Waals surface area contributed by atoms with Crippen LogP contribution >= 0.6 is 11.3 Å². The topological polar surface area (TPSA) is 80.5 Å². The highest BCUT2D eigenvalue weighted by Crippen LogP contribution is 2.15. The number of nitrogens with zero attached hydrogens (tertiary/aromatic N) is 3. The van der Waals surface area contributed by atoms with Crippen LogP contribution in [0.2, 0.25) is 0 Å². The molecule has 3 N–H and O–H groups in total. The normalized spacial score (nSPS) is 11.5. The summed E-state index contributed by atoms with van der Waals surface area (Å²) in [4.78, 5) is 15.3. The lowest BCUT2D eigenvalue weighted by atomic mass is 10.3. The standard InChI is InChI=1S/C11H9N5S/c12-10-9-11(14-6-13-10)16-8(15-9)2-1-7-3-4-17-5-7/h1-6H,(H3,12,13,14,15,16)/b2-1+. The molecule has 3 aromatic rings. The number of nitrogen functional groups attached to an aromatic ring is 1. The van der Waals surface area contributed by atoms with E-state index >= 15 is 0 Å². The zero-order valence-electron chi connectivity index (χ0n) is 8.79. The Kier molecular flexibility index (Phi) is 2.34. The van der Waals surface area contributed by atoms with Crippen LogP contribution in [0.15, 0.2) is 23.2 Å². The number of aromatic nitrogens is 4. The first-order valence-electron chi connectivity index (χ1n) is 4.99. The molecule has 3 heterocycles. The van der Waals surface area contributed by atoms with Gasteiger partial charge in [0, 0.05) is 0 Å². The first-order valence-corrected chi connectivity index (χ1v) is 5.94. The number of imidazole rings is 1. The summed E-state index contributed by atoms with van der Waals surface area (Å²) in [6.45, 7) is 0. The predicted molar refractivity (Wildman–Crippen MR) is 69.3 cm³/mol. The molecular weight excluding hydrogens is 234 g/mol. The first-order chi connectivity index (χ1) is 8.33. The average molecular weight is 243 g/mol. The van der Waals surface area contributed by atoms with Crippen molar-refractivity contribution in [3.63, 3.8) is 0 Å². The molecule has 0 fully saturated rings. The third-order valence-corrected chi connectivity index (χ3v) is 3.01. The van der Waals surface area contributed by atoms with Gasteiger partial charge in [-0.05, 0) is 28.5 Å². The van der Waals surface area contributed by atoms with Crippen molar-refractivity contribution in [1.29, 1.82) is 0 Å². The number of nitrogens with two attached hydrogens (primary N) is 1. The number of hydrogen-bond donors (Lipinski definition) is 2. The van der Waals surface area contributed by atoms with Gasteiger partial charge in [-0.2, -0.15) is 11.3 Å². The lowest BCUT2D eigenvalue weighted by Gasteiger charge is -1.89. The average Bonchev–Trinajstić information content (AvgIpc) is 2.95. The van der Waals surface area contributed by atoms with Crippen LogP contribution in [0, 0.1) is 0 Å². The lowest BCUT2D eigenvalue weighted by Crippen LogP contribution is -1.91. The van der Waals surface area contributed by atoms with Crippen LogP contribution < -0.4 is 5.73 Å². The summed E-state index contributed by atoms with van der Waals surface area (Å²) in [5, 5.41) is 4.09. The number of aromatic amines is 1. The van der Waals surface area contributed by atoms with Crippen molar-refractivity contribution in [2.45, 2.75) is 0 Å². The molecular formula is C11H9N5S. The Balaban J connectivity index is 1.99. The highest BCUT2D eigenvalue weighted by atomic mass is 32.1. The zero-order valence-corrected chi connectivity index (χ0v) is 9.61. The Morgan fingerprint density at radius 3 is 3.00 bits per heavy atom. The molecule has 0 aliphatic rings. The number of H-pyrrole nitrogens is 1. The second-order valence-electron chi connectivity index (χ2n) is 3.47. The van der Waals surface area contributed by atoms with Gasteiger partial charge in [-0.25, -0.2) is 15.0 Å². The molecule has 3 rings (SSSR count). The van der Waals surface area contributed by atoms with E-state index in [2.05, 4.69) is 25.3 Å². The number of rotatable bonds is 2. The van der Waals surface area contributed by atoms with E-state index in [0.717, 1.165) is 11.4 Å². The van der Waals surface area contributed by atoms with Gasteiger partial charge >= 0.3 is 0 Å². The van der Waals surface area contributed by atoms with Gasteiger partial charge in [0.15, 0.2) is 11.5 Å². The number of hydrogen-bond acceptors (Lipinski definition) is 5. The number of anilines is 1. The maximum absolute atomic E-state index is 5.72. The Morgan fingerprint density at radius 1 is 1.29 bits per heavy atom. The van der Waals surface area contributed by atoms with E-state index in [1.54, 1.807) is 11.3 Å². The van der Waals surface area contributed by atoms with E-state index in [9.17, 15) is 0 Å². The molecule has 0 bridgehead atoms. The molecule has 0 unspecified atom stereocenters. The van der Waals surface area contributed by atoms with Crippen molar-refractivity contribution in [1.82, 2.24) is 19.9 Å². The second-order valence-corrected chi connectivity index (χ2v) is 4.25. The summed E-state index contributed by atoms with van der Waals surface area (Å²) in [6, 6.07) is 2.04. The van der Waals surface area contributed by atoms with Crippen LogP contribution in [0.1, 0.15) is 11.4 Å². The molecule has 0 aliphatic carbocycles. The Hall–Kier alpha value is -2.21. The largest absolute Gasteiger partial charge is 0.382 e. The van der Waals surface area contributed by atoms with Gasteiger partial charge in [0.05, 0.1) is 0 Å². The van der Waals surface area contributed by atoms with Crippen molar-refractivity contribution >= 4 is 40.5 Å². The Labute approximate surface area is 101 Å². The SMILES string of the molecule is Nc1ncnc2nc(/C=C/c3ccsc3)[nH]c12. The molecule has 0 saturated heterocycles. The summed E-state index contributed by atoms with van der Waals surface area (Å²) in [5.74, 6) is 1.14. The molecule has 0 radical (unpaired) electrons. The van der Waals surface area contributed by atoms with Gasteiger partial charge < -0.3 is 10.7 Å². The van der Waals surface area contributed by atoms with Gasteiger partial charge in [0.1, 0.15) is 17.7 Å². The molecule has 5 nitrogen and oxygen atoms in total. The van der Waals surface area contributed by atoms with Gasteiger partial charge in [-0.15, -0.1) is 0 Å². The van der Waals surface area contributed by atoms with Crippen LogP contribution in [-0.2, 0) is 0 Å². The molecule has 0 amide bonds. The van der Waals surface area contributed by atoms with Gasteiger partial charge in [0.2, 0.25) is 0 Å². The van der Waals surface area contributed by atoms with Gasteiger partial charge in [0.25, 0.3) is 0 Å². The van der Waals surface area contributed by atoms with Crippen molar-refractivity contribution in [2.75, 3.05) is 5.73 Å². The fourth-order valence-electron chi connectivity index (χ4n) is 1.49. The summed E-state index contributed by atoms with van der Waals surface area (Å²) < 4.78 is 0. The van der Waals surface area contributed by atoms with E-state index in [1.165, 1.54) is 6.33 Å². The Bertz CT molecular complexity index is 668. The maximum Gasteiger partial charge on any atom is 0.183 e. The third-order valence-electron chi connectivity index (χ3n) is 2.31.